The Bertz CT molecular complexity index is 1130. The van der Waals surface area contributed by atoms with Gasteiger partial charge in [0, 0.05) is 62.1 Å². The van der Waals surface area contributed by atoms with E-state index in [1.54, 1.807) is 11.1 Å². The molecule has 2 amide bonds. The molecule has 3 aromatic rings. The molecule has 4 heterocycles. The molecular weight excluding hydrogens is 414 g/mol. The van der Waals surface area contributed by atoms with Crippen molar-refractivity contribution in [2.45, 2.75) is 18.9 Å². The highest BCUT2D eigenvalue weighted by atomic mass is 16.2. The molecule has 0 aliphatic carbocycles. The minimum atomic E-state index is -0.354. The van der Waals surface area contributed by atoms with Crippen LogP contribution in [0.25, 0.3) is 22.2 Å². The number of piperazine rings is 1. The third-order valence-corrected chi connectivity index (χ3v) is 6.80. The van der Waals surface area contributed by atoms with Crippen molar-refractivity contribution in [2.75, 3.05) is 56.5 Å². The third kappa shape index (κ3) is 4.57. The van der Waals surface area contributed by atoms with Crippen LogP contribution in [-0.4, -0.2) is 78.2 Å². The number of amides is 2. The van der Waals surface area contributed by atoms with Crippen molar-refractivity contribution in [3.05, 3.63) is 48.7 Å². The number of pyridine rings is 2. The molecule has 1 unspecified atom stereocenters. The molecule has 0 saturated carbocycles. The average molecular weight is 446 g/mol. The van der Waals surface area contributed by atoms with Gasteiger partial charge in [0.25, 0.3) is 0 Å². The van der Waals surface area contributed by atoms with E-state index in [-0.39, 0.29) is 12.1 Å². The van der Waals surface area contributed by atoms with Crippen LogP contribution in [0.2, 0.25) is 0 Å². The van der Waals surface area contributed by atoms with Crippen molar-refractivity contribution in [2.24, 2.45) is 5.73 Å². The lowest BCUT2D eigenvalue weighted by molar-refractivity contribution is 0.204. The first kappa shape index (κ1) is 21.5. The average Bonchev–Trinajstić information content (AvgIpc) is 3.32. The van der Waals surface area contributed by atoms with Crippen LogP contribution in [0.4, 0.5) is 16.3 Å². The summed E-state index contributed by atoms with van der Waals surface area (Å²) < 4.78 is 0. The number of fused-ring (bicyclic) bond motifs is 1. The second kappa shape index (κ2) is 9.23. The standard InChI is InChI=1S/C25H31N7O/c1-30-12-14-31(15-13-30)19-8-6-18(7-9-19)22-16-23-21(5-2-10-27-23)24(29-22)28-17-20-4-3-11-32(20)25(26)33/h2,5-10,16,20H,3-4,11-15,17H2,1H3,(H2,26,33)(H,28,29). The van der Waals surface area contributed by atoms with Crippen LogP contribution < -0.4 is 16.0 Å². The number of urea groups is 1. The van der Waals surface area contributed by atoms with Gasteiger partial charge in [0.15, 0.2) is 0 Å². The van der Waals surface area contributed by atoms with Crippen molar-refractivity contribution >= 4 is 28.4 Å². The molecule has 8 nitrogen and oxygen atoms in total. The van der Waals surface area contributed by atoms with Crippen LogP contribution >= 0.6 is 0 Å². The Morgan fingerprint density at radius 2 is 1.91 bits per heavy atom. The van der Waals surface area contributed by atoms with Crippen molar-refractivity contribution in [1.29, 1.82) is 0 Å². The lowest BCUT2D eigenvalue weighted by atomic mass is 10.1. The number of anilines is 2. The zero-order chi connectivity index (χ0) is 22.8. The number of carbonyl (C=O) groups is 1. The topological polar surface area (TPSA) is 90.6 Å². The van der Waals surface area contributed by atoms with Gasteiger partial charge >= 0.3 is 6.03 Å². The van der Waals surface area contributed by atoms with E-state index in [0.717, 1.165) is 73.5 Å². The zero-order valence-electron chi connectivity index (χ0n) is 19.1. The van der Waals surface area contributed by atoms with E-state index in [0.29, 0.717) is 6.54 Å². The number of rotatable bonds is 5. The highest BCUT2D eigenvalue weighted by Crippen LogP contribution is 2.29. The summed E-state index contributed by atoms with van der Waals surface area (Å²) in [5, 5.41) is 4.45. The number of benzene rings is 1. The molecule has 1 atom stereocenters. The second-order valence-electron chi connectivity index (χ2n) is 8.97. The minimum absolute atomic E-state index is 0.0857. The number of nitrogens with two attached hydrogens (primary N) is 1. The Morgan fingerprint density at radius 1 is 1.12 bits per heavy atom. The molecule has 2 saturated heterocycles. The lowest BCUT2D eigenvalue weighted by Gasteiger charge is -2.34. The monoisotopic (exact) mass is 445 g/mol. The fraction of sp³-hybridized carbons (Fsp3) is 0.400. The molecule has 0 bridgehead atoms. The van der Waals surface area contributed by atoms with E-state index >= 15 is 0 Å². The Hall–Kier alpha value is -3.39. The maximum absolute atomic E-state index is 11.7. The van der Waals surface area contributed by atoms with E-state index < -0.39 is 0 Å². The zero-order valence-corrected chi connectivity index (χ0v) is 19.1. The van der Waals surface area contributed by atoms with Gasteiger partial charge in [0.1, 0.15) is 5.82 Å². The van der Waals surface area contributed by atoms with Crippen LogP contribution in [0.5, 0.6) is 0 Å². The second-order valence-corrected chi connectivity index (χ2v) is 8.97. The number of primary amides is 1. The molecule has 3 N–H and O–H groups in total. The SMILES string of the molecule is CN1CCN(c2ccc(-c3cc4ncccc4c(NCC4CCCN4C(N)=O)n3)cc2)CC1. The van der Waals surface area contributed by atoms with E-state index in [1.807, 2.05) is 18.2 Å². The lowest BCUT2D eigenvalue weighted by Crippen LogP contribution is -2.44. The number of carbonyl (C=O) groups excluding carboxylic acids is 1. The molecule has 33 heavy (non-hydrogen) atoms. The Kier molecular flexibility index (Phi) is 6.00. The predicted octanol–water partition coefficient (Wildman–Crippen LogP) is 3.00. The van der Waals surface area contributed by atoms with Gasteiger partial charge in [0.2, 0.25) is 0 Å². The summed E-state index contributed by atoms with van der Waals surface area (Å²) in [6.45, 7) is 5.60. The predicted molar refractivity (Wildman–Crippen MR) is 132 cm³/mol. The summed E-state index contributed by atoms with van der Waals surface area (Å²) in [5.74, 6) is 0.787. The molecule has 172 valence electrons. The largest absolute Gasteiger partial charge is 0.369 e. The number of nitrogens with zero attached hydrogens (tertiary/aromatic N) is 5. The molecule has 2 fully saturated rings. The summed E-state index contributed by atoms with van der Waals surface area (Å²) in [5.41, 5.74) is 9.63. The van der Waals surface area contributed by atoms with Gasteiger partial charge in [-0.05, 0) is 50.2 Å². The highest BCUT2D eigenvalue weighted by Gasteiger charge is 2.27. The van der Waals surface area contributed by atoms with Gasteiger partial charge in [-0.2, -0.15) is 0 Å². The van der Waals surface area contributed by atoms with E-state index in [4.69, 9.17) is 10.7 Å². The molecule has 5 rings (SSSR count). The summed E-state index contributed by atoms with van der Waals surface area (Å²) in [4.78, 5) is 27.8. The third-order valence-electron chi connectivity index (χ3n) is 6.80. The van der Waals surface area contributed by atoms with Gasteiger partial charge in [-0.25, -0.2) is 9.78 Å². The van der Waals surface area contributed by atoms with Gasteiger partial charge < -0.3 is 25.8 Å². The highest BCUT2D eigenvalue weighted by molar-refractivity contribution is 5.92. The maximum Gasteiger partial charge on any atom is 0.315 e. The number of likely N-dealkylation sites (N-methyl/N-ethyl adjacent to an activating group) is 1. The Labute approximate surface area is 194 Å². The van der Waals surface area contributed by atoms with Crippen LogP contribution in [0.3, 0.4) is 0 Å². The summed E-state index contributed by atoms with van der Waals surface area (Å²) in [7, 11) is 2.17. The van der Waals surface area contributed by atoms with E-state index in [9.17, 15) is 4.79 Å². The van der Waals surface area contributed by atoms with Crippen molar-refractivity contribution in [3.63, 3.8) is 0 Å². The first-order valence-electron chi connectivity index (χ1n) is 11.7. The van der Waals surface area contributed by atoms with Crippen LogP contribution in [0.15, 0.2) is 48.7 Å². The Morgan fingerprint density at radius 3 is 2.67 bits per heavy atom. The first-order valence-corrected chi connectivity index (χ1v) is 11.7. The smallest absolute Gasteiger partial charge is 0.315 e. The molecule has 2 aromatic heterocycles. The summed E-state index contributed by atoms with van der Waals surface area (Å²) >= 11 is 0. The minimum Gasteiger partial charge on any atom is -0.369 e. The normalized spacial score (nSPS) is 19.2. The molecule has 0 spiro atoms. The van der Waals surface area contributed by atoms with Gasteiger partial charge in [-0.1, -0.05) is 12.1 Å². The fourth-order valence-electron chi connectivity index (χ4n) is 4.82. The quantitative estimate of drug-likeness (QED) is 0.627. The van der Waals surface area contributed by atoms with Crippen molar-refractivity contribution in [3.8, 4) is 11.3 Å². The van der Waals surface area contributed by atoms with Crippen LogP contribution in [0.1, 0.15) is 12.8 Å². The van der Waals surface area contributed by atoms with E-state index in [2.05, 4.69) is 51.4 Å². The molecule has 2 aliphatic heterocycles. The molecule has 0 radical (unpaired) electrons. The number of hydrogen-bond donors (Lipinski definition) is 2. The summed E-state index contributed by atoms with van der Waals surface area (Å²) in [6.07, 6.45) is 3.72. The van der Waals surface area contributed by atoms with Gasteiger partial charge in [-0.3, -0.25) is 4.98 Å². The number of aromatic nitrogens is 2. The van der Waals surface area contributed by atoms with Gasteiger partial charge in [0.05, 0.1) is 17.3 Å². The first-order chi connectivity index (χ1) is 16.1. The van der Waals surface area contributed by atoms with Crippen molar-refractivity contribution < 1.29 is 4.79 Å². The van der Waals surface area contributed by atoms with E-state index in [1.165, 1.54) is 5.69 Å². The van der Waals surface area contributed by atoms with Crippen LogP contribution in [-0.2, 0) is 0 Å². The number of nitrogens with one attached hydrogen (secondary N) is 1. The number of likely N-dealkylation sites (tertiary alicyclic amines) is 1. The number of hydrogen-bond acceptors (Lipinski definition) is 6. The fourth-order valence-corrected chi connectivity index (χ4v) is 4.82. The van der Waals surface area contributed by atoms with Gasteiger partial charge in [-0.15, -0.1) is 0 Å². The molecule has 2 aliphatic rings. The van der Waals surface area contributed by atoms with Crippen LogP contribution in [0, 0.1) is 0 Å². The van der Waals surface area contributed by atoms with Crippen molar-refractivity contribution in [1.82, 2.24) is 19.8 Å². The molecule has 1 aromatic carbocycles. The molecule has 8 heteroatoms. The molecular formula is C25H31N7O. The summed E-state index contributed by atoms with van der Waals surface area (Å²) in [6, 6.07) is 14.4. The Balaban J connectivity index is 1.39. The maximum atomic E-state index is 11.7.